The quantitative estimate of drug-likeness (QED) is 0.628. The number of rotatable bonds is 6. The number of hydrogen-bond donors (Lipinski definition) is 2. The van der Waals surface area contributed by atoms with E-state index in [1.807, 2.05) is 0 Å². The van der Waals surface area contributed by atoms with Crippen molar-refractivity contribution in [2.24, 2.45) is 5.10 Å². The average molecular weight is 333 g/mol. The van der Waals surface area contributed by atoms with Crippen molar-refractivity contribution in [3.8, 4) is 5.75 Å². The number of carboxylic acids is 1. The van der Waals surface area contributed by atoms with Crippen LogP contribution in [0.25, 0.3) is 0 Å². The van der Waals surface area contributed by atoms with Gasteiger partial charge >= 0.3 is 5.97 Å². The highest BCUT2D eigenvalue weighted by Gasteiger charge is 2.07. The molecule has 2 aromatic carbocycles. The predicted octanol–water partition coefficient (Wildman–Crippen LogP) is 2.57. The molecule has 7 heteroatoms. The molecule has 0 bridgehead atoms. The van der Waals surface area contributed by atoms with Gasteiger partial charge in [0, 0.05) is 5.56 Å². The molecule has 118 valence electrons. The summed E-state index contributed by atoms with van der Waals surface area (Å²) in [4.78, 5) is 22.7. The van der Waals surface area contributed by atoms with Gasteiger partial charge in [0.15, 0.2) is 6.61 Å². The van der Waals surface area contributed by atoms with Crippen LogP contribution in [-0.2, 0) is 4.79 Å². The number of ether oxygens (including phenoxy) is 1. The Labute approximate surface area is 137 Å². The normalized spacial score (nSPS) is 10.5. The topological polar surface area (TPSA) is 88.0 Å². The fourth-order valence-corrected chi connectivity index (χ4v) is 1.91. The second-order valence-corrected chi connectivity index (χ2v) is 4.81. The highest BCUT2D eigenvalue weighted by Crippen LogP contribution is 2.22. The van der Waals surface area contributed by atoms with Crippen LogP contribution in [0.3, 0.4) is 0 Å². The molecule has 0 fully saturated rings. The van der Waals surface area contributed by atoms with Gasteiger partial charge in [-0.05, 0) is 18.2 Å². The zero-order valence-electron chi connectivity index (χ0n) is 11.9. The molecule has 0 aromatic heterocycles. The zero-order chi connectivity index (χ0) is 16.7. The molecule has 0 aliphatic carbocycles. The van der Waals surface area contributed by atoms with Crippen molar-refractivity contribution in [2.45, 2.75) is 0 Å². The summed E-state index contributed by atoms with van der Waals surface area (Å²) in [6.45, 7) is -0.262. The third-order valence-corrected chi connectivity index (χ3v) is 3.09. The van der Waals surface area contributed by atoms with E-state index >= 15 is 0 Å². The van der Waals surface area contributed by atoms with Gasteiger partial charge in [0.1, 0.15) is 5.75 Å². The molecule has 23 heavy (non-hydrogen) atoms. The van der Waals surface area contributed by atoms with Crippen LogP contribution in [-0.4, -0.2) is 29.8 Å². The van der Waals surface area contributed by atoms with Gasteiger partial charge in [-0.3, -0.25) is 4.79 Å². The van der Waals surface area contributed by atoms with Gasteiger partial charge in [-0.2, -0.15) is 5.10 Å². The van der Waals surface area contributed by atoms with Crippen molar-refractivity contribution in [3.05, 3.63) is 64.7 Å². The molecule has 0 aliphatic heterocycles. The number of halogens is 1. The van der Waals surface area contributed by atoms with Crippen molar-refractivity contribution in [3.63, 3.8) is 0 Å². The summed E-state index contributed by atoms with van der Waals surface area (Å²) in [5, 5.41) is 13.1. The number of hydrazone groups is 1. The van der Waals surface area contributed by atoms with E-state index in [1.54, 1.807) is 42.5 Å². The molecule has 0 radical (unpaired) electrons. The van der Waals surface area contributed by atoms with Crippen LogP contribution in [0, 0.1) is 0 Å². The van der Waals surface area contributed by atoms with Gasteiger partial charge in [-0.15, -0.1) is 0 Å². The molecule has 0 saturated carbocycles. The van der Waals surface area contributed by atoms with E-state index in [0.29, 0.717) is 16.3 Å². The molecule has 0 atom stereocenters. The summed E-state index contributed by atoms with van der Waals surface area (Å²) >= 11 is 5.90. The third-order valence-electron chi connectivity index (χ3n) is 2.78. The Morgan fingerprint density at radius 3 is 2.61 bits per heavy atom. The van der Waals surface area contributed by atoms with E-state index in [4.69, 9.17) is 21.4 Å². The SMILES string of the molecule is O=C(COc1ccccc1Cl)NN=Cc1ccccc1C(=O)O. The number of benzene rings is 2. The minimum Gasteiger partial charge on any atom is -0.482 e. The maximum absolute atomic E-state index is 11.6. The van der Waals surface area contributed by atoms with Gasteiger partial charge in [0.05, 0.1) is 16.8 Å². The van der Waals surface area contributed by atoms with Gasteiger partial charge in [0.2, 0.25) is 0 Å². The number of hydrogen-bond acceptors (Lipinski definition) is 4. The Balaban J connectivity index is 1.90. The van der Waals surface area contributed by atoms with Crippen LogP contribution in [0.15, 0.2) is 53.6 Å². The molecule has 0 spiro atoms. The van der Waals surface area contributed by atoms with E-state index in [1.165, 1.54) is 12.3 Å². The monoisotopic (exact) mass is 332 g/mol. The van der Waals surface area contributed by atoms with E-state index < -0.39 is 11.9 Å². The molecule has 1 amide bonds. The molecule has 6 nitrogen and oxygen atoms in total. The minimum absolute atomic E-state index is 0.0952. The lowest BCUT2D eigenvalue weighted by Gasteiger charge is -2.06. The Hall–Kier alpha value is -2.86. The van der Waals surface area contributed by atoms with E-state index in [-0.39, 0.29) is 12.2 Å². The molecule has 2 rings (SSSR count). The van der Waals surface area contributed by atoms with Crippen LogP contribution in [0.1, 0.15) is 15.9 Å². The fraction of sp³-hybridized carbons (Fsp3) is 0.0625. The van der Waals surface area contributed by atoms with Crippen LogP contribution >= 0.6 is 11.6 Å². The van der Waals surface area contributed by atoms with Crippen LogP contribution in [0.4, 0.5) is 0 Å². The largest absolute Gasteiger partial charge is 0.482 e. The number of carboxylic acid groups (broad SMARTS) is 1. The number of nitrogens with one attached hydrogen (secondary N) is 1. The Morgan fingerprint density at radius 1 is 1.17 bits per heavy atom. The first-order chi connectivity index (χ1) is 11.1. The van der Waals surface area contributed by atoms with E-state index in [9.17, 15) is 9.59 Å². The van der Waals surface area contributed by atoms with Crippen LogP contribution < -0.4 is 10.2 Å². The predicted molar refractivity (Wildman–Crippen MR) is 86.1 cm³/mol. The zero-order valence-corrected chi connectivity index (χ0v) is 12.7. The van der Waals surface area contributed by atoms with Crippen LogP contribution in [0.5, 0.6) is 5.75 Å². The maximum atomic E-state index is 11.6. The molecule has 0 aliphatic rings. The minimum atomic E-state index is -1.07. The lowest BCUT2D eigenvalue weighted by atomic mass is 10.1. The molecule has 2 N–H and O–H groups in total. The first-order valence-corrected chi connectivity index (χ1v) is 6.97. The summed E-state index contributed by atoms with van der Waals surface area (Å²) < 4.78 is 5.25. The van der Waals surface area contributed by atoms with E-state index in [0.717, 1.165) is 0 Å². The summed E-state index contributed by atoms with van der Waals surface area (Å²) in [7, 11) is 0. The maximum Gasteiger partial charge on any atom is 0.336 e. The van der Waals surface area contributed by atoms with Gasteiger partial charge in [-0.1, -0.05) is 41.9 Å². The van der Waals surface area contributed by atoms with Crippen molar-refractivity contribution in [2.75, 3.05) is 6.61 Å². The summed E-state index contributed by atoms with van der Waals surface area (Å²) in [6, 6.07) is 13.1. The molecule has 2 aromatic rings. The first-order valence-electron chi connectivity index (χ1n) is 6.59. The summed E-state index contributed by atoms with van der Waals surface area (Å²) in [5.74, 6) is -1.17. The van der Waals surface area contributed by atoms with Crippen molar-refractivity contribution in [1.82, 2.24) is 5.43 Å². The van der Waals surface area contributed by atoms with Crippen molar-refractivity contribution < 1.29 is 19.4 Å². The summed E-state index contributed by atoms with van der Waals surface area (Å²) in [6.07, 6.45) is 1.26. The highest BCUT2D eigenvalue weighted by molar-refractivity contribution is 6.32. The second-order valence-electron chi connectivity index (χ2n) is 4.40. The highest BCUT2D eigenvalue weighted by atomic mass is 35.5. The number of carbonyl (C=O) groups excluding carboxylic acids is 1. The number of amides is 1. The number of aromatic carboxylic acids is 1. The third kappa shape index (κ3) is 4.82. The van der Waals surface area contributed by atoms with Gasteiger partial charge < -0.3 is 9.84 Å². The molecular weight excluding hydrogens is 320 g/mol. The Kier molecular flexibility index (Phi) is 5.71. The average Bonchev–Trinajstić information content (AvgIpc) is 2.54. The standard InChI is InChI=1S/C16H13ClN2O4/c17-13-7-3-4-8-14(13)23-10-15(20)19-18-9-11-5-1-2-6-12(11)16(21)22/h1-9H,10H2,(H,19,20)(H,21,22). The lowest BCUT2D eigenvalue weighted by molar-refractivity contribution is -0.123. The number of nitrogens with zero attached hydrogens (tertiary/aromatic N) is 1. The second kappa shape index (κ2) is 7.95. The lowest BCUT2D eigenvalue weighted by Crippen LogP contribution is -2.24. The first kappa shape index (κ1) is 16.5. The molecular formula is C16H13ClN2O4. The number of carbonyl (C=O) groups is 2. The van der Waals surface area contributed by atoms with E-state index in [2.05, 4.69) is 10.5 Å². The smallest absolute Gasteiger partial charge is 0.336 e. The Bertz CT molecular complexity index is 746. The molecule has 0 heterocycles. The van der Waals surface area contributed by atoms with Crippen molar-refractivity contribution in [1.29, 1.82) is 0 Å². The fourth-order valence-electron chi connectivity index (χ4n) is 1.72. The summed E-state index contributed by atoms with van der Waals surface area (Å²) in [5.41, 5.74) is 2.73. The Morgan fingerprint density at radius 2 is 1.87 bits per heavy atom. The number of para-hydroxylation sites is 1. The van der Waals surface area contributed by atoms with Crippen molar-refractivity contribution >= 4 is 29.7 Å². The molecule has 0 unspecified atom stereocenters. The van der Waals surface area contributed by atoms with Crippen LogP contribution in [0.2, 0.25) is 5.02 Å². The molecule has 0 saturated heterocycles. The van der Waals surface area contributed by atoms with Gasteiger partial charge in [-0.25, -0.2) is 10.2 Å². The van der Waals surface area contributed by atoms with Gasteiger partial charge in [0.25, 0.3) is 5.91 Å².